The monoisotopic (exact) mass is 472 g/mol. The molecule has 0 bridgehead atoms. The molecule has 10 heteroatoms. The number of piperidine rings is 1. The van der Waals surface area contributed by atoms with Gasteiger partial charge < -0.3 is 20.1 Å². The molecule has 1 aromatic heterocycles. The van der Waals surface area contributed by atoms with E-state index in [4.69, 9.17) is 23.2 Å². The largest absolute Gasteiger partial charge is 0.481 e. The van der Waals surface area contributed by atoms with Crippen LogP contribution in [0.2, 0.25) is 10.0 Å². The molecule has 1 aromatic carbocycles. The Kier molecular flexibility index (Phi) is 5.78. The maximum absolute atomic E-state index is 13.6. The summed E-state index contributed by atoms with van der Waals surface area (Å²) in [7, 11) is -4.08. The minimum Gasteiger partial charge on any atom is -0.481 e. The SMILES string of the molecule is O=C(O)C1CCN(c2c(S(=O)(=O)c3c(Cl)cccc3Cl)[nH]c3c2CCCC3)CC1O. The van der Waals surface area contributed by atoms with Crippen LogP contribution in [0.3, 0.4) is 0 Å². The zero-order valence-corrected chi connectivity index (χ0v) is 18.4. The molecule has 2 atom stereocenters. The summed E-state index contributed by atoms with van der Waals surface area (Å²) in [4.78, 5) is 16.1. The number of aromatic nitrogens is 1. The van der Waals surface area contributed by atoms with Crippen LogP contribution in [0, 0.1) is 5.92 Å². The molecule has 0 spiro atoms. The second-order valence-electron chi connectivity index (χ2n) is 7.77. The first-order valence-electron chi connectivity index (χ1n) is 9.80. The standard InChI is InChI=1S/C20H22Cl2N2O5S/c21-13-5-3-6-14(22)18(13)30(28,29)19-17(11-4-1-2-7-15(11)23-19)24-9-8-12(20(26)27)16(25)10-24/h3,5-6,12,16,23,25H,1-2,4,7-10H2,(H,26,27). The summed E-state index contributed by atoms with van der Waals surface area (Å²) in [6, 6.07) is 4.53. The molecule has 0 radical (unpaired) electrons. The lowest BCUT2D eigenvalue weighted by molar-refractivity contribution is -0.146. The van der Waals surface area contributed by atoms with Crippen LogP contribution < -0.4 is 4.90 Å². The second-order valence-corrected chi connectivity index (χ2v) is 10.4. The topological polar surface area (TPSA) is 111 Å². The molecule has 1 aliphatic heterocycles. The second kappa shape index (κ2) is 8.07. The van der Waals surface area contributed by atoms with Crippen molar-refractivity contribution in [3.8, 4) is 0 Å². The first-order chi connectivity index (χ1) is 14.2. The summed E-state index contributed by atoms with van der Waals surface area (Å²) < 4.78 is 27.3. The molecule has 2 heterocycles. The quantitative estimate of drug-likeness (QED) is 0.629. The van der Waals surface area contributed by atoms with Gasteiger partial charge in [-0.2, -0.15) is 0 Å². The molecule has 0 saturated carbocycles. The van der Waals surface area contributed by atoms with Crippen molar-refractivity contribution in [3.63, 3.8) is 0 Å². The number of carbonyl (C=O) groups is 1. The van der Waals surface area contributed by atoms with Crippen molar-refractivity contribution < 1.29 is 23.4 Å². The highest BCUT2D eigenvalue weighted by atomic mass is 35.5. The van der Waals surface area contributed by atoms with Gasteiger partial charge in [0, 0.05) is 18.8 Å². The summed E-state index contributed by atoms with van der Waals surface area (Å²) >= 11 is 12.4. The fourth-order valence-electron chi connectivity index (χ4n) is 4.43. The molecular weight excluding hydrogens is 451 g/mol. The Morgan fingerprint density at radius 1 is 1.17 bits per heavy atom. The Labute approximate surface area is 184 Å². The van der Waals surface area contributed by atoms with Crippen LogP contribution >= 0.6 is 23.2 Å². The number of β-amino-alcohol motifs (C(OH)–C–C–N with tert-alkyl or cyclic N) is 1. The van der Waals surface area contributed by atoms with E-state index in [9.17, 15) is 23.4 Å². The highest BCUT2D eigenvalue weighted by Crippen LogP contribution is 2.42. The lowest BCUT2D eigenvalue weighted by Crippen LogP contribution is -2.47. The third-order valence-electron chi connectivity index (χ3n) is 5.90. The van der Waals surface area contributed by atoms with Crippen LogP contribution in [0.4, 0.5) is 5.69 Å². The number of carboxylic acid groups (broad SMARTS) is 1. The van der Waals surface area contributed by atoms with Crippen LogP contribution in [0.1, 0.15) is 30.5 Å². The number of benzene rings is 1. The van der Waals surface area contributed by atoms with Crippen molar-refractivity contribution >= 4 is 44.7 Å². The number of rotatable bonds is 4. The zero-order valence-electron chi connectivity index (χ0n) is 16.1. The van der Waals surface area contributed by atoms with Gasteiger partial charge in [0.05, 0.1) is 27.8 Å². The third-order valence-corrected chi connectivity index (χ3v) is 8.57. The molecule has 2 aliphatic rings. The first-order valence-corrected chi connectivity index (χ1v) is 12.0. The predicted octanol–water partition coefficient (Wildman–Crippen LogP) is 3.30. The van der Waals surface area contributed by atoms with Gasteiger partial charge in [0.15, 0.2) is 5.03 Å². The van der Waals surface area contributed by atoms with E-state index in [1.54, 1.807) is 11.0 Å². The van der Waals surface area contributed by atoms with E-state index < -0.39 is 27.8 Å². The van der Waals surface area contributed by atoms with Crippen molar-refractivity contribution in [2.24, 2.45) is 5.92 Å². The van der Waals surface area contributed by atoms with Gasteiger partial charge in [-0.1, -0.05) is 29.3 Å². The van der Waals surface area contributed by atoms with Gasteiger partial charge in [0.25, 0.3) is 0 Å². The molecule has 1 saturated heterocycles. The summed E-state index contributed by atoms with van der Waals surface area (Å²) in [6.07, 6.45) is 2.44. The van der Waals surface area contributed by atoms with Crippen molar-refractivity contribution in [2.45, 2.75) is 48.1 Å². The number of nitrogens with one attached hydrogen (secondary N) is 1. The number of sulfone groups is 1. The van der Waals surface area contributed by atoms with Gasteiger partial charge in [-0.25, -0.2) is 8.42 Å². The number of aryl methyl sites for hydroxylation is 1. The Morgan fingerprint density at radius 3 is 2.47 bits per heavy atom. The number of aliphatic hydroxyl groups excluding tert-OH is 1. The first kappa shape index (κ1) is 21.5. The lowest BCUT2D eigenvalue weighted by atomic mass is 9.92. The number of halogens is 2. The highest BCUT2D eigenvalue weighted by Gasteiger charge is 2.39. The number of aliphatic hydroxyl groups is 1. The molecule has 1 fully saturated rings. The van der Waals surface area contributed by atoms with Gasteiger partial charge in [-0.3, -0.25) is 4.79 Å². The summed E-state index contributed by atoms with van der Waals surface area (Å²) in [6.45, 7) is 0.372. The van der Waals surface area contributed by atoms with Crippen molar-refractivity contribution in [1.29, 1.82) is 0 Å². The Hall–Kier alpha value is -1.74. The molecule has 2 aromatic rings. The average molecular weight is 473 g/mol. The number of fused-ring (bicyclic) bond motifs is 1. The fraction of sp³-hybridized carbons (Fsp3) is 0.450. The maximum Gasteiger partial charge on any atom is 0.309 e. The summed E-state index contributed by atoms with van der Waals surface area (Å²) in [5.41, 5.74) is 2.26. The molecule has 7 nitrogen and oxygen atoms in total. The van der Waals surface area contributed by atoms with Crippen molar-refractivity contribution in [1.82, 2.24) is 4.98 Å². The smallest absolute Gasteiger partial charge is 0.309 e. The van der Waals surface area contributed by atoms with E-state index in [1.165, 1.54) is 12.1 Å². The number of hydrogen-bond acceptors (Lipinski definition) is 5. The Morgan fingerprint density at radius 2 is 1.83 bits per heavy atom. The van der Waals surface area contributed by atoms with Gasteiger partial charge in [0.2, 0.25) is 9.84 Å². The highest BCUT2D eigenvalue weighted by molar-refractivity contribution is 7.91. The number of nitrogens with zero attached hydrogens (tertiary/aromatic N) is 1. The van der Waals surface area contributed by atoms with Gasteiger partial charge in [0.1, 0.15) is 4.90 Å². The number of carboxylic acids is 1. The molecule has 0 amide bonds. The van der Waals surface area contributed by atoms with E-state index in [0.717, 1.165) is 30.5 Å². The van der Waals surface area contributed by atoms with E-state index in [-0.39, 0.29) is 32.9 Å². The molecule has 30 heavy (non-hydrogen) atoms. The molecule has 162 valence electrons. The average Bonchev–Trinajstić information content (AvgIpc) is 3.08. The van der Waals surface area contributed by atoms with Gasteiger partial charge in [-0.05, 0) is 49.8 Å². The molecule has 2 unspecified atom stereocenters. The molecule has 3 N–H and O–H groups in total. The summed E-state index contributed by atoms with van der Waals surface area (Å²) in [5, 5.41) is 19.8. The van der Waals surface area contributed by atoms with E-state index in [2.05, 4.69) is 4.98 Å². The molecule has 1 aliphatic carbocycles. The number of H-pyrrole nitrogens is 1. The number of aliphatic carboxylic acids is 1. The van der Waals surface area contributed by atoms with Crippen LogP contribution in [-0.4, -0.2) is 48.8 Å². The lowest BCUT2D eigenvalue weighted by Gasteiger charge is -2.36. The molecular formula is C20H22Cl2N2O5S. The number of hydrogen-bond donors (Lipinski definition) is 3. The third kappa shape index (κ3) is 3.60. The van der Waals surface area contributed by atoms with Crippen LogP contribution in [-0.2, 0) is 27.5 Å². The maximum atomic E-state index is 13.6. The van der Waals surface area contributed by atoms with Gasteiger partial charge >= 0.3 is 5.97 Å². The zero-order chi connectivity index (χ0) is 21.6. The Bertz CT molecular complexity index is 1080. The molecule has 4 rings (SSSR count). The van der Waals surface area contributed by atoms with Crippen molar-refractivity contribution in [3.05, 3.63) is 39.5 Å². The fourth-order valence-corrected chi connectivity index (χ4v) is 7.06. The minimum absolute atomic E-state index is 0.00498. The van der Waals surface area contributed by atoms with Crippen LogP contribution in [0.15, 0.2) is 28.1 Å². The van der Waals surface area contributed by atoms with E-state index >= 15 is 0 Å². The van der Waals surface area contributed by atoms with Crippen LogP contribution in [0.5, 0.6) is 0 Å². The van der Waals surface area contributed by atoms with Crippen molar-refractivity contribution in [2.75, 3.05) is 18.0 Å². The normalized spacial score (nSPS) is 22.0. The number of anilines is 1. The number of aromatic amines is 1. The summed E-state index contributed by atoms with van der Waals surface area (Å²) in [5.74, 6) is -1.91. The minimum atomic E-state index is -4.08. The Balaban J connectivity index is 1.84. The van der Waals surface area contributed by atoms with Crippen LogP contribution in [0.25, 0.3) is 0 Å². The predicted molar refractivity (Wildman–Crippen MR) is 113 cm³/mol. The van der Waals surface area contributed by atoms with E-state index in [1.807, 2.05) is 0 Å². The van der Waals surface area contributed by atoms with E-state index in [0.29, 0.717) is 18.7 Å². The van der Waals surface area contributed by atoms with Gasteiger partial charge in [-0.15, -0.1) is 0 Å².